The van der Waals surface area contributed by atoms with E-state index in [0.29, 0.717) is 49.0 Å². The van der Waals surface area contributed by atoms with E-state index >= 15 is 0 Å². The van der Waals surface area contributed by atoms with Crippen molar-refractivity contribution < 1.29 is 14.0 Å². The van der Waals surface area contributed by atoms with Gasteiger partial charge < -0.3 is 14.9 Å². The van der Waals surface area contributed by atoms with Gasteiger partial charge >= 0.3 is 0 Å². The number of rotatable bonds is 6. The van der Waals surface area contributed by atoms with Crippen LogP contribution in [-0.4, -0.2) is 45.3 Å². The third-order valence-electron chi connectivity index (χ3n) is 4.82. The van der Waals surface area contributed by atoms with E-state index in [2.05, 4.69) is 26.4 Å². The lowest BCUT2D eigenvalue weighted by atomic mass is 9.97. The van der Waals surface area contributed by atoms with Crippen LogP contribution in [0.4, 0.5) is 4.39 Å². The molecule has 3 heterocycles. The van der Waals surface area contributed by atoms with E-state index in [1.54, 1.807) is 12.1 Å². The van der Waals surface area contributed by atoms with Gasteiger partial charge in [0.2, 0.25) is 11.7 Å². The summed E-state index contributed by atoms with van der Waals surface area (Å²) in [5.41, 5.74) is 0.170. The molecule has 0 bridgehead atoms. The summed E-state index contributed by atoms with van der Waals surface area (Å²) in [6, 6.07) is 5.58. The van der Waals surface area contributed by atoms with E-state index in [9.17, 15) is 9.50 Å². The van der Waals surface area contributed by atoms with Gasteiger partial charge in [-0.2, -0.15) is 4.98 Å². The molecular weight excluding hydrogens is 393 g/mol. The van der Waals surface area contributed by atoms with Gasteiger partial charge in [-0.1, -0.05) is 11.1 Å². The average molecular weight is 413 g/mol. The second-order valence-electron chi connectivity index (χ2n) is 7.14. The molecule has 2 aromatic heterocycles. The maximum Gasteiger partial charge on any atom is 0.244 e. The minimum absolute atomic E-state index is 0.295. The van der Waals surface area contributed by atoms with Crippen molar-refractivity contribution in [1.82, 2.24) is 25.3 Å². The largest absolute Gasteiger partial charge is 0.382 e. The SMILES string of the molecule is C#CCN(C)Cc1nc([C@]2(O)CN[C@@H](c3nc(-c4ccc(F)cc4)no3)C2)cs1. The first-order chi connectivity index (χ1) is 14.0. The van der Waals surface area contributed by atoms with Crippen LogP contribution in [0.15, 0.2) is 34.2 Å². The van der Waals surface area contributed by atoms with Gasteiger partial charge in [0.25, 0.3) is 0 Å². The summed E-state index contributed by atoms with van der Waals surface area (Å²) in [7, 11) is 1.93. The fraction of sp³-hybridized carbons (Fsp3) is 0.350. The van der Waals surface area contributed by atoms with Crippen molar-refractivity contribution in [2.45, 2.75) is 24.6 Å². The van der Waals surface area contributed by atoms with Crippen LogP contribution in [0.5, 0.6) is 0 Å². The number of benzene rings is 1. The molecule has 0 aliphatic carbocycles. The molecule has 1 aliphatic rings. The van der Waals surface area contributed by atoms with Crippen LogP contribution in [0.25, 0.3) is 11.4 Å². The number of nitrogens with one attached hydrogen (secondary N) is 1. The Labute approximate surface area is 171 Å². The maximum absolute atomic E-state index is 13.1. The summed E-state index contributed by atoms with van der Waals surface area (Å²) in [4.78, 5) is 11.0. The van der Waals surface area contributed by atoms with Gasteiger partial charge in [0.1, 0.15) is 16.4 Å². The Morgan fingerprint density at radius 3 is 2.97 bits per heavy atom. The zero-order valence-corrected chi connectivity index (χ0v) is 16.6. The number of aliphatic hydroxyl groups is 1. The quantitative estimate of drug-likeness (QED) is 0.600. The molecule has 0 unspecified atom stereocenters. The summed E-state index contributed by atoms with van der Waals surface area (Å²) in [5.74, 6) is 3.03. The highest BCUT2D eigenvalue weighted by molar-refractivity contribution is 7.09. The number of nitrogens with zero attached hydrogens (tertiary/aromatic N) is 4. The van der Waals surface area contributed by atoms with Crippen LogP contribution in [0.3, 0.4) is 0 Å². The van der Waals surface area contributed by atoms with Crippen molar-refractivity contribution in [3.05, 3.63) is 52.1 Å². The van der Waals surface area contributed by atoms with Crippen LogP contribution >= 0.6 is 11.3 Å². The van der Waals surface area contributed by atoms with Crippen LogP contribution in [0.2, 0.25) is 0 Å². The van der Waals surface area contributed by atoms with E-state index in [-0.39, 0.29) is 11.9 Å². The molecule has 2 atom stereocenters. The van der Waals surface area contributed by atoms with Gasteiger partial charge in [-0.25, -0.2) is 9.37 Å². The van der Waals surface area contributed by atoms with Gasteiger partial charge in [0.15, 0.2) is 0 Å². The minimum Gasteiger partial charge on any atom is -0.382 e. The predicted octanol–water partition coefficient (Wildman–Crippen LogP) is 2.32. The van der Waals surface area contributed by atoms with Crippen molar-refractivity contribution in [3.63, 3.8) is 0 Å². The first kappa shape index (κ1) is 19.7. The smallest absolute Gasteiger partial charge is 0.244 e. The van der Waals surface area contributed by atoms with Gasteiger partial charge in [0.05, 0.1) is 24.8 Å². The predicted molar refractivity (Wildman–Crippen MR) is 106 cm³/mol. The number of hydrogen-bond acceptors (Lipinski definition) is 8. The Kier molecular flexibility index (Phi) is 5.43. The highest BCUT2D eigenvalue weighted by Crippen LogP contribution is 2.37. The molecule has 3 aromatic rings. The summed E-state index contributed by atoms with van der Waals surface area (Å²) in [5, 5.41) is 21.1. The molecule has 7 nitrogen and oxygen atoms in total. The highest BCUT2D eigenvalue weighted by atomic mass is 32.1. The molecule has 1 fully saturated rings. The summed E-state index contributed by atoms with van der Waals surface area (Å²) < 4.78 is 18.5. The molecule has 29 heavy (non-hydrogen) atoms. The number of aromatic nitrogens is 3. The minimum atomic E-state index is -1.12. The molecule has 1 aliphatic heterocycles. The molecule has 150 valence electrons. The van der Waals surface area contributed by atoms with Crippen LogP contribution in [0.1, 0.15) is 29.1 Å². The molecule has 2 N–H and O–H groups in total. The van der Waals surface area contributed by atoms with E-state index < -0.39 is 5.60 Å². The fourth-order valence-corrected chi connectivity index (χ4v) is 4.24. The second-order valence-corrected chi connectivity index (χ2v) is 8.08. The standard InChI is InChI=1S/C20H20FN5O2S/c1-3-8-26(2)10-17-23-16(11-29-17)20(27)9-15(22-12-20)19-24-18(25-28-19)13-4-6-14(21)7-5-13/h1,4-7,11,15,22,27H,8-10,12H2,2H3/t15-,20-/m1/s1. The normalized spacial score (nSPS) is 21.6. The monoisotopic (exact) mass is 413 g/mol. The van der Waals surface area contributed by atoms with E-state index in [0.717, 1.165) is 5.01 Å². The third kappa shape index (κ3) is 4.21. The fourth-order valence-electron chi connectivity index (χ4n) is 3.28. The lowest BCUT2D eigenvalue weighted by molar-refractivity contribution is 0.0507. The van der Waals surface area contributed by atoms with E-state index in [1.165, 1.54) is 23.5 Å². The van der Waals surface area contributed by atoms with Crippen molar-refractivity contribution in [1.29, 1.82) is 0 Å². The zero-order chi connectivity index (χ0) is 20.4. The Balaban J connectivity index is 1.45. The average Bonchev–Trinajstić information content (AvgIpc) is 3.42. The Morgan fingerprint density at radius 2 is 2.21 bits per heavy atom. The number of β-amino-alcohol motifs (C(OH)–C–C–N with tert-alkyl or cyclic N) is 1. The van der Waals surface area contributed by atoms with E-state index in [1.807, 2.05) is 17.3 Å². The van der Waals surface area contributed by atoms with Crippen molar-refractivity contribution in [2.75, 3.05) is 20.1 Å². The summed E-state index contributed by atoms with van der Waals surface area (Å²) >= 11 is 1.50. The number of hydrogen-bond donors (Lipinski definition) is 2. The van der Waals surface area contributed by atoms with E-state index in [4.69, 9.17) is 10.9 Å². The van der Waals surface area contributed by atoms with Gasteiger partial charge in [-0.15, -0.1) is 17.8 Å². The second kappa shape index (κ2) is 8.00. The van der Waals surface area contributed by atoms with Gasteiger partial charge in [-0.3, -0.25) is 4.90 Å². The van der Waals surface area contributed by atoms with Gasteiger partial charge in [0, 0.05) is 23.9 Å². The first-order valence-corrected chi connectivity index (χ1v) is 9.97. The maximum atomic E-state index is 13.1. The Bertz CT molecular complexity index is 1030. The molecule has 0 radical (unpaired) electrons. The van der Waals surface area contributed by atoms with Crippen molar-refractivity contribution >= 4 is 11.3 Å². The highest BCUT2D eigenvalue weighted by Gasteiger charge is 2.43. The first-order valence-electron chi connectivity index (χ1n) is 9.09. The van der Waals surface area contributed by atoms with Crippen LogP contribution in [0, 0.1) is 18.2 Å². The summed E-state index contributed by atoms with van der Waals surface area (Å²) in [6.07, 6.45) is 5.69. The molecule has 0 amide bonds. The van der Waals surface area contributed by atoms with Crippen molar-refractivity contribution in [2.24, 2.45) is 0 Å². The van der Waals surface area contributed by atoms with Gasteiger partial charge in [-0.05, 0) is 31.3 Å². The molecule has 4 rings (SSSR count). The van der Waals surface area contributed by atoms with Crippen molar-refractivity contribution in [3.8, 4) is 23.7 Å². The topological polar surface area (TPSA) is 87.3 Å². The molecule has 1 saturated heterocycles. The molecule has 0 spiro atoms. The molecule has 9 heteroatoms. The summed E-state index contributed by atoms with van der Waals surface area (Å²) in [6.45, 7) is 1.50. The lowest BCUT2D eigenvalue weighted by Crippen LogP contribution is -2.28. The molecule has 0 saturated carbocycles. The van der Waals surface area contributed by atoms with Crippen LogP contribution < -0.4 is 5.32 Å². The third-order valence-corrected chi connectivity index (χ3v) is 5.65. The molecular formula is C20H20FN5O2S. The number of terminal acetylenes is 1. The Morgan fingerprint density at radius 1 is 1.41 bits per heavy atom. The zero-order valence-electron chi connectivity index (χ0n) is 15.8. The number of thiazole rings is 1. The van der Waals surface area contributed by atoms with Crippen LogP contribution in [-0.2, 0) is 12.1 Å². The lowest BCUT2D eigenvalue weighted by Gasteiger charge is -2.18. The number of halogens is 1. The Hall–Kier alpha value is -2.64. The molecule has 1 aromatic carbocycles.